The zero-order valence-electron chi connectivity index (χ0n) is 18.7. The first-order valence-electron chi connectivity index (χ1n) is 11.1. The molecule has 5 nitrogen and oxygen atoms in total. The second-order valence-corrected chi connectivity index (χ2v) is 10.1. The van der Waals surface area contributed by atoms with Gasteiger partial charge in [0.25, 0.3) is 0 Å². The molecule has 0 bridgehead atoms. The van der Waals surface area contributed by atoms with E-state index in [0.29, 0.717) is 27.8 Å². The lowest BCUT2D eigenvalue weighted by Gasteiger charge is -2.34. The SMILES string of the molecule is Cc1cccc(-c2nnc(SCC(=O)N[C@@H]3CCC[C@@H](C)[C@@H]3C)n2-c2ccc(Cl)cc2)c1. The average molecular weight is 469 g/mol. The van der Waals surface area contributed by atoms with Crippen molar-refractivity contribution in [2.24, 2.45) is 11.8 Å². The number of aryl methyl sites for hydroxylation is 1. The van der Waals surface area contributed by atoms with E-state index in [2.05, 4.69) is 48.4 Å². The Kier molecular flexibility index (Phi) is 7.21. The second-order valence-electron chi connectivity index (χ2n) is 8.72. The van der Waals surface area contributed by atoms with E-state index in [-0.39, 0.29) is 11.9 Å². The molecule has 2 aromatic carbocycles. The van der Waals surface area contributed by atoms with Crippen LogP contribution >= 0.6 is 23.4 Å². The van der Waals surface area contributed by atoms with Crippen molar-refractivity contribution in [1.82, 2.24) is 20.1 Å². The molecule has 1 fully saturated rings. The van der Waals surface area contributed by atoms with Gasteiger partial charge in [0.2, 0.25) is 5.91 Å². The van der Waals surface area contributed by atoms with Crippen LogP contribution in [0.1, 0.15) is 38.7 Å². The van der Waals surface area contributed by atoms with E-state index in [1.807, 2.05) is 41.0 Å². The molecule has 0 aliphatic heterocycles. The van der Waals surface area contributed by atoms with Gasteiger partial charge in [0.05, 0.1) is 5.75 Å². The first-order valence-corrected chi connectivity index (χ1v) is 12.5. The average Bonchev–Trinajstić information content (AvgIpc) is 3.20. The molecular weight excluding hydrogens is 440 g/mol. The van der Waals surface area contributed by atoms with E-state index in [9.17, 15) is 4.79 Å². The molecule has 1 aliphatic carbocycles. The molecule has 1 N–H and O–H groups in total. The van der Waals surface area contributed by atoms with E-state index in [1.54, 1.807) is 0 Å². The number of amides is 1. The normalized spacial score (nSPS) is 20.8. The van der Waals surface area contributed by atoms with Crippen molar-refractivity contribution >= 4 is 29.3 Å². The van der Waals surface area contributed by atoms with Crippen LogP contribution in [0, 0.1) is 18.8 Å². The number of aromatic nitrogens is 3. The third kappa shape index (κ3) is 5.18. The van der Waals surface area contributed by atoms with E-state index in [4.69, 9.17) is 11.6 Å². The summed E-state index contributed by atoms with van der Waals surface area (Å²) in [6.45, 7) is 6.58. The third-order valence-corrected chi connectivity index (χ3v) is 7.56. The Morgan fingerprint density at radius 2 is 1.94 bits per heavy atom. The highest BCUT2D eigenvalue weighted by Crippen LogP contribution is 2.31. The van der Waals surface area contributed by atoms with E-state index in [0.717, 1.165) is 29.1 Å². The fourth-order valence-corrected chi connectivity index (χ4v) is 5.21. The van der Waals surface area contributed by atoms with Crippen molar-refractivity contribution in [1.29, 1.82) is 0 Å². The van der Waals surface area contributed by atoms with Crippen LogP contribution in [0.5, 0.6) is 0 Å². The summed E-state index contributed by atoms with van der Waals surface area (Å²) in [4.78, 5) is 12.7. The molecule has 3 aromatic rings. The van der Waals surface area contributed by atoms with Gasteiger partial charge in [-0.1, -0.05) is 73.8 Å². The van der Waals surface area contributed by atoms with E-state index < -0.39 is 0 Å². The van der Waals surface area contributed by atoms with Crippen molar-refractivity contribution in [2.45, 2.75) is 51.2 Å². The minimum absolute atomic E-state index is 0.0451. The van der Waals surface area contributed by atoms with Crippen LogP contribution < -0.4 is 5.32 Å². The Bertz CT molecular complexity index is 1080. The highest BCUT2D eigenvalue weighted by molar-refractivity contribution is 7.99. The molecule has 0 saturated heterocycles. The number of thioether (sulfide) groups is 1. The fraction of sp³-hybridized carbons (Fsp3) is 0.400. The molecule has 32 heavy (non-hydrogen) atoms. The van der Waals surface area contributed by atoms with Crippen LogP contribution in [0.2, 0.25) is 5.02 Å². The van der Waals surface area contributed by atoms with Crippen molar-refractivity contribution in [3.63, 3.8) is 0 Å². The molecule has 1 heterocycles. The lowest BCUT2D eigenvalue weighted by Crippen LogP contribution is -2.44. The van der Waals surface area contributed by atoms with Crippen molar-refractivity contribution in [3.05, 3.63) is 59.1 Å². The maximum absolute atomic E-state index is 12.7. The lowest BCUT2D eigenvalue weighted by molar-refractivity contribution is -0.120. The molecule has 0 spiro atoms. The van der Waals surface area contributed by atoms with Gasteiger partial charge < -0.3 is 5.32 Å². The number of halogens is 1. The second kappa shape index (κ2) is 10.1. The number of nitrogens with one attached hydrogen (secondary N) is 1. The molecule has 0 radical (unpaired) electrons. The van der Waals surface area contributed by atoms with Crippen LogP contribution in [0.15, 0.2) is 53.7 Å². The van der Waals surface area contributed by atoms with E-state index in [1.165, 1.54) is 24.6 Å². The summed E-state index contributed by atoms with van der Waals surface area (Å²) in [6, 6.07) is 16.0. The van der Waals surface area contributed by atoms with Crippen LogP contribution in [0.25, 0.3) is 17.1 Å². The maximum atomic E-state index is 12.7. The Hall–Kier alpha value is -2.31. The molecule has 3 atom stereocenters. The molecule has 1 saturated carbocycles. The van der Waals surface area contributed by atoms with E-state index >= 15 is 0 Å². The van der Waals surface area contributed by atoms with Gasteiger partial charge in [-0.15, -0.1) is 10.2 Å². The number of carbonyl (C=O) groups excluding carboxylic acids is 1. The van der Waals surface area contributed by atoms with Gasteiger partial charge in [-0.2, -0.15) is 0 Å². The summed E-state index contributed by atoms with van der Waals surface area (Å²) in [5, 5.41) is 13.5. The lowest BCUT2D eigenvalue weighted by atomic mass is 9.78. The number of hydrogen-bond acceptors (Lipinski definition) is 4. The van der Waals surface area contributed by atoms with Crippen molar-refractivity contribution < 1.29 is 4.79 Å². The molecular formula is C25H29ClN4OS. The molecule has 0 unspecified atom stereocenters. The fourth-order valence-electron chi connectivity index (χ4n) is 4.32. The first kappa shape index (κ1) is 22.9. The van der Waals surface area contributed by atoms with Gasteiger partial charge in [-0.25, -0.2) is 0 Å². The molecule has 1 amide bonds. The summed E-state index contributed by atoms with van der Waals surface area (Å²) >= 11 is 7.52. The van der Waals surface area contributed by atoms with Crippen molar-refractivity contribution in [2.75, 3.05) is 5.75 Å². The number of nitrogens with zero attached hydrogens (tertiary/aromatic N) is 3. The minimum Gasteiger partial charge on any atom is -0.352 e. The summed E-state index contributed by atoms with van der Waals surface area (Å²) < 4.78 is 1.99. The highest BCUT2D eigenvalue weighted by atomic mass is 35.5. The zero-order valence-corrected chi connectivity index (χ0v) is 20.3. The van der Waals surface area contributed by atoms with Gasteiger partial charge in [-0.05, 0) is 55.5 Å². The molecule has 4 rings (SSSR count). The quantitative estimate of drug-likeness (QED) is 0.455. The minimum atomic E-state index is 0.0451. The topological polar surface area (TPSA) is 59.8 Å². The maximum Gasteiger partial charge on any atom is 0.230 e. The van der Waals surface area contributed by atoms with Crippen LogP contribution in [-0.4, -0.2) is 32.5 Å². The van der Waals surface area contributed by atoms with Gasteiger partial charge in [-0.3, -0.25) is 9.36 Å². The van der Waals surface area contributed by atoms with Gasteiger partial charge in [0.1, 0.15) is 0 Å². The Balaban J connectivity index is 1.56. The van der Waals surface area contributed by atoms with Crippen LogP contribution in [-0.2, 0) is 4.79 Å². The predicted octanol–water partition coefficient (Wildman–Crippen LogP) is 5.93. The molecule has 1 aliphatic rings. The molecule has 7 heteroatoms. The summed E-state index contributed by atoms with van der Waals surface area (Å²) in [6.07, 6.45) is 3.48. The number of benzene rings is 2. The number of hydrogen-bond donors (Lipinski definition) is 1. The monoisotopic (exact) mass is 468 g/mol. The van der Waals surface area contributed by atoms with Crippen molar-refractivity contribution in [3.8, 4) is 17.1 Å². The first-order chi connectivity index (χ1) is 15.4. The Labute approximate surface area is 199 Å². The molecule has 1 aromatic heterocycles. The third-order valence-electron chi connectivity index (χ3n) is 6.38. The predicted molar refractivity (Wildman–Crippen MR) is 131 cm³/mol. The Morgan fingerprint density at radius 1 is 1.16 bits per heavy atom. The summed E-state index contributed by atoms with van der Waals surface area (Å²) in [5.74, 6) is 2.24. The van der Waals surface area contributed by atoms with Gasteiger partial charge >= 0.3 is 0 Å². The van der Waals surface area contributed by atoms with Gasteiger partial charge in [0, 0.05) is 22.3 Å². The summed E-state index contributed by atoms with van der Waals surface area (Å²) in [7, 11) is 0. The largest absolute Gasteiger partial charge is 0.352 e. The van der Waals surface area contributed by atoms with Crippen LogP contribution in [0.4, 0.5) is 0 Å². The smallest absolute Gasteiger partial charge is 0.230 e. The Morgan fingerprint density at radius 3 is 2.69 bits per heavy atom. The van der Waals surface area contributed by atoms with Gasteiger partial charge in [0.15, 0.2) is 11.0 Å². The van der Waals surface area contributed by atoms with Crippen LogP contribution in [0.3, 0.4) is 0 Å². The standard InChI is InChI=1S/C25H29ClN4OS/c1-16-6-4-8-19(14-16)24-28-29-25(30(24)21-12-10-20(26)11-13-21)32-15-23(31)27-22-9-5-7-17(2)18(22)3/h4,6,8,10-14,17-18,22H,5,7,9,15H2,1-3H3,(H,27,31)/t17-,18+,22-/m1/s1. The zero-order chi connectivity index (χ0) is 22.7. The molecule has 168 valence electrons. The number of carbonyl (C=O) groups is 1. The highest BCUT2D eigenvalue weighted by Gasteiger charge is 2.28. The summed E-state index contributed by atoms with van der Waals surface area (Å²) in [5.41, 5.74) is 3.04. The number of rotatable bonds is 6.